The van der Waals surface area contributed by atoms with E-state index in [9.17, 15) is 4.79 Å². The zero-order valence-corrected chi connectivity index (χ0v) is 10.5. The average Bonchev–Trinajstić information content (AvgIpc) is 2.14. The molecule has 17 heavy (non-hydrogen) atoms. The molecule has 0 spiro atoms. The molecule has 90 valence electrons. The molecule has 0 atom stereocenters. The molecule has 0 bridgehead atoms. The molecule has 0 aliphatic heterocycles. The van der Waals surface area contributed by atoms with Crippen LogP contribution in [0.3, 0.4) is 0 Å². The highest BCUT2D eigenvalue weighted by molar-refractivity contribution is 5.66. The smallest absolute Gasteiger partial charge is 0.428 e. The maximum Gasteiger partial charge on any atom is 0.514 e. The van der Waals surface area contributed by atoms with E-state index >= 15 is 0 Å². The van der Waals surface area contributed by atoms with Gasteiger partial charge in [0.1, 0.15) is 11.4 Å². The third-order valence-electron chi connectivity index (χ3n) is 1.88. The molecule has 0 saturated carbocycles. The zero-order chi connectivity index (χ0) is 13.1. The SMILES string of the molecule is C#Cc1ccc(C)cc1OC(=O)OC(C)(C)C. The molecule has 0 aliphatic rings. The van der Waals surface area contributed by atoms with Gasteiger partial charge in [0.2, 0.25) is 0 Å². The minimum atomic E-state index is -0.750. The van der Waals surface area contributed by atoms with Crippen molar-refractivity contribution in [3.63, 3.8) is 0 Å². The Kier molecular flexibility index (Phi) is 3.80. The van der Waals surface area contributed by atoms with E-state index in [-0.39, 0.29) is 0 Å². The lowest BCUT2D eigenvalue weighted by Crippen LogP contribution is -2.26. The van der Waals surface area contributed by atoms with E-state index in [1.165, 1.54) is 0 Å². The number of hydrogen-bond donors (Lipinski definition) is 0. The van der Waals surface area contributed by atoms with Gasteiger partial charge in [-0.05, 0) is 45.4 Å². The van der Waals surface area contributed by atoms with Gasteiger partial charge in [0.05, 0.1) is 5.56 Å². The second kappa shape index (κ2) is 4.92. The Balaban J connectivity index is 2.85. The molecule has 1 aromatic carbocycles. The van der Waals surface area contributed by atoms with Gasteiger partial charge in [-0.15, -0.1) is 6.42 Å². The summed E-state index contributed by atoms with van der Waals surface area (Å²) in [5, 5.41) is 0. The second-order valence-electron chi connectivity index (χ2n) is 4.71. The molecule has 0 aromatic heterocycles. The Morgan fingerprint density at radius 3 is 2.53 bits per heavy atom. The fourth-order valence-corrected chi connectivity index (χ4v) is 1.19. The van der Waals surface area contributed by atoms with Gasteiger partial charge in [-0.2, -0.15) is 0 Å². The van der Waals surface area contributed by atoms with Gasteiger partial charge in [0.15, 0.2) is 0 Å². The van der Waals surface area contributed by atoms with Crippen LogP contribution in [0, 0.1) is 19.3 Å². The van der Waals surface area contributed by atoms with Crippen LogP contribution in [0.4, 0.5) is 4.79 Å². The first-order valence-electron chi connectivity index (χ1n) is 5.30. The van der Waals surface area contributed by atoms with Gasteiger partial charge in [-0.25, -0.2) is 4.79 Å². The summed E-state index contributed by atoms with van der Waals surface area (Å²) in [6.07, 6.45) is 4.57. The molecule has 0 unspecified atom stereocenters. The fourth-order valence-electron chi connectivity index (χ4n) is 1.19. The lowest BCUT2D eigenvalue weighted by atomic mass is 10.1. The summed E-state index contributed by atoms with van der Waals surface area (Å²) in [6, 6.07) is 5.30. The molecule has 3 heteroatoms. The molecular formula is C14H16O3. The van der Waals surface area contributed by atoms with E-state index in [1.54, 1.807) is 32.9 Å². The van der Waals surface area contributed by atoms with E-state index in [0.29, 0.717) is 11.3 Å². The number of hydrogen-bond acceptors (Lipinski definition) is 3. The molecule has 1 rings (SSSR count). The summed E-state index contributed by atoms with van der Waals surface area (Å²) in [6.45, 7) is 7.20. The van der Waals surface area contributed by atoms with Crippen LogP contribution in [-0.4, -0.2) is 11.8 Å². The molecule has 0 fully saturated rings. The fraction of sp³-hybridized carbons (Fsp3) is 0.357. The predicted octanol–water partition coefficient (Wildman–Crippen LogP) is 3.29. The number of benzene rings is 1. The maximum atomic E-state index is 11.5. The number of ether oxygens (including phenoxy) is 2. The van der Waals surface area contributed by atoms with Crippen molar-refractivity contribution in [3.8, 4) is 18.1 Å². The first-order valence-corrected chi connectivity index (χ1v) is 5.30. The minimum Gasteiger partial charge on any atom is -0.428 e. The lowest BCUT2D eigenvalue weighted by Gasteiger charge is -2.19. The Labute approximate surface area is 102 Å². The summed E-state index contributed by atoms with van der Waals surface area (Å²) in [5.74, 6) is 2.81. The zero-order valence-electron chi connectivity index (χ0n) is 10.5. The van der Waals surface area contributed by atoms with Gasteiger partial charge in [0.25, 0.3) is 0 Å². The monoisotopic (exact) mass is 232 g/mol. The van der Waals surface area contributed by atoms with Gasteiger partial charge in [0, 0.05) is 0 Å². The van der Waals surface area contributed by atoms with Crippen LogP contribution < -0.4 is 4.74 Å². The number of carbonyl (C=O) groups excluding carboxylic acids is 1. The number of carbonyl (C=O) groups is 1. The average molecular weight is 232 g/mol. The van der Waals surface area contributed by atoms with E-state index in [2.05, 4.69) is 5.92 Å². The Bertz CT molecular complexity index is 461. The second-order valence-corrected chi connectivity index (χ2v) is 4.71. The minimum absolute atomic E-state index is 0.349. The van der Waals surface area contributed by atoms with Crippen molar-refractivity contribution in [1.29, 1.82) is 0 Å². The van der Waals surface area contributed by atoms with Gasteiger partial charge in [-0.1, -0.05) is 12.0 Å². The quantitative estimate of drug-likeness (QED) is 0.423. The summed E-state index contributed by atoms with van der Waals surface area (Å²) in [4.78, 5) is 11.5. The molecule has 0 aliphatic carbocycles. The van der Waals surface area contributed by atoms with E-state index in [4.69, 9.17) is 15.9 Å². The highest BCUT2D eigenvalue weighted by Gasteiger charge is 2.18. The standard InChI is InChI=1S/C14H16O3/c1-6-11-8-7-10(2)9-12(11)16-13(15)17-14(3,4)5/h1,7-9H,2-5H3. The van der Waals surface area contributed by atoms with Crippen molar-refractivity contribution in [2.24, 2.45) is 0 Å². The predicted molar refractivity (Wildman–Crippen MR) is 66.0 cm³/mol. The van der Waals surface area contributed by atoms with Gasteiger partial charge >= 0.3 is 6.16 Å². The Morgan fingerprint density at radius 2 is 2.00 bits per heavy atom. The Hall–Kier alpha value is -1.95. The molecule has 0 heterocycles. The first-order chi connectivity index (χ1) is 7.81. The summed E-state index contributed by atoms with van der Waals surface area (Å²) >= 11 is 0. The van der Waals surface area contributed by atoms with E-state index in [0.717, 1.165) is 5.56 Å². The van der Waals surface area contributed by atoms with E-state index < -0.39 is 11.8 Å². The van der Waals surface area contributed by atoms with Crippen molar-refractivity contribution in [2.45, 2.75) is 33.3 Å². The largest absolute Gasteiger partial charge is 0.514 e. The summed E-state index contributed by atoms with van der Waals surface area (Å²) in [5.41, 5.74) is 0.904. The molecule has 1 aromatic rings. The molecular weight excluding hydrogens is 216 g/mol. The lowest BCUT2D eigenvalue weighted by molar-refractivity contribution is 0.0205. The maximum absolute atomic E-state index is 11.5. The van der Waals surface area contributed by atoms with Crippen molar-refractivity contribution < 1.29 is 14.3 Å². The van der Waals surface area contributed by atoms with Crippen molar-refractivity contribution >= 4 is 6.16 Å². The van der Waals surface area contributed by atoms with Gasteiger partial charge < -0.3 is 9.47 Å². The summed E-state index contributed by atoms with van der Waals surface area (Å²) < 4.78 is 10.1. The van der Waals surface area contributed by atoms with Crippen LogP contribution in [0.25, 0.3) is 0 Å². The number of terminal acetylenes is 1. The number of aryl methyl sites for hydroxylation is 1. The Morgan fingerprint density at radius 1 is 1.35 bits per heavy atom. The highest BCUT2D eigenvalue weighted by atomic mass is 16.7. The first kappa shape index (κ1) is 13.1. The molecule has 0 N–H and O–H groups in total. The van der Waals surface area contributed by atoms with Crippen molar-refractivity contribution in [3.05, 3.63) is 29.3 Å². The molecule has 0 amide bonds. The summed E-state index contributed by atoms with van der Waals surface area (Å²) in [7, 11) is 0. The third kappa shape index (κ3) is 4.20. The van der Waals surface area contributed by atoms with Crippen molar-refractivity contribution in [2.75, 3.05) is 0 Å². The van der Waals surface area contributed by atoms with Crippen LogP contribution in [0.2, 0.25) is 0 Å². The van der Waals surface area contributed by atoms with Crippen molar-refractivity contribution in [1.82, 2.24) is 0 Å². The van der Waals surface area contributed by atoms with Crippen LogP contribution in [-0.2, 0) is 4.74 Å². The number of rotatable bonds is 1. The topological polar surface area (TPSA) is 35.5 Å². The third-order valence-corrected chi connectivity index (χ3v) is 1.88. The van der Waals surface area contributed by atoms with Crippen LogP contribution in [0.5, 0.6) is 5.75 Å². The van der Waals surface area contributed by atoms with E-state index in [1.807, 2.05) is 13.0 Å². The highest BCUT2D eigenvalue weighted by Crippen LogP contribution is 2.20. The van der Waals surface area contributed by atoms with Crippen LogP contribution in [0.1, 0.15) is 31.9 Å². The van der Waals surface area contributed by atoms with Crippen LogP contribution in [0.15, 0.2) is 18.2 Å². The molecule has 3 nitrogen and oxygen atoms in total. The molecule has 0 radical (unpaired) electrons. The normalized spacial score (nSPS) is 10.5. The van der Waals surface area contributed by atoms with Gasteiger partial charge in [-0.3, -0.25) is 0 Å². The molecule has 0 saturated heterocycles. The van der Waals surface area contributed by atoms with Crippen LogP contribution >= 0.6 is 0 Å².